The van der Waals surface area contributed by atoms with E-state index in [1.165, 1.54) is 69.9 Å². The molecule has 0 spiro atoms. The fourth-order valence-electron chi connectivity index (χ4n) is 7.43. The van der Waals surface area contributed by atoms with E-state index in [0.29, 0.717) is 72.5 Å². The van der Waals surface area contributed by atoms with Crippen LogP contribution in [0.25, 0.3) is 0 Å². The summed E-state index contributed by atoms with van der Waals surface area (Å²) in [5, 5.41) is 0. The number of fused-ring (bicyclic) bond motifs is 2. The molecular weight excluding hydrogens is 580 g/mol. The second kappa shape index (κ2) is 14.0. The van der Waals surface area contributed by atoms with Crippen LogP contribution >= 0.6 is 0 Å². The molecule has 0 bridgehead atoms. The number of hydrogen-bond acceptors (Lipinski definition) is 7. The Labute approximate surface area is 265 Å². The quantitative estimate of drug-likeness (QED) is 0.377. The lowest BCUT2D eigenvalue weighted by Gasteiger charge is -2.46. The molecule has 2 fully saturated rings. The Balaban J connectivity index is 0.000000178. The van der Waals surface area contributed by atoms with E-state index in [4.69, 9.17) is 19.9 Å². The first kappa shape index (κ1) is 33.1. The molecule has 1 amide bonds. The number of amides is 1. The van der Waals surface area contributed by atoms with Crippen LogP contribution in [0.2, 0.25) is 0 Å². The van der Waals surface area contributed by atoms with Crippen LogP contribution in [0.4, 0.5) is 8.78 Å². The zero-order valence-electron chi connectivity index (χ0n) is 27.1. The summed E-state index contributed by atoms with van der Waals surface area (Å²) in [5.74, 6) is -1.39. The van der Waals surface area contributed by atoms with E-state index in [1.807, 2.05) is 0 Å². The topological polar surface area (TPSA) is 94.3 Å². The molecule has 2 aliphatic carbocycles. The number of carbonyl (C=O) groups excluding carboxylic acids is 2. The van der Waals surface area contributed by atoms with Gasteiger partial charge in [-0.15, -0.1) is 0 Å². The zero-order valence-corrected chi connectivity index (χ0v) is 27.1. The third kappa shape index (κ3) is 6.82. The molecule has 45 heavy (non-hydrogen) atoms. The summed E-state index contributed by atoms with van der Waals surface area (Å²) in [6.45, 7) is 9.63. The highest BCUT2D eigenvalue weighted by Gasteiger charge is 2.38. The summed E-state index contributed by atoms with van der Waals surface area (Å²) in [7, 11) is 1.34. The normalized spacial score (nSPS) is 21.1. The van der Waals surface area contributed by atoms with E-state index in [2.05, 4.69) is 37.5 Å². The predicted molar refractivity (Wildman–Crippen MR) is 168 cm³/mol. The first-order valence-electron chi connectivity index (χ1n) is 16.3. The number of carbonyl (C=O) groups is 2. The van der Waals surface area contributed by atoms with E-state index < -0.39 is 23.5 Å². The second-order valence-corrected chi connectivity index (χ2v) is 13.3. The summed E-state index contributed by atoms with van der Waals surface area (Å²) in [4.78, 5) is 28.6. The van der Waals surface area contributed by atoms with Gasteiger partial charge in [-0.25, -0.2) is 13.6 Å². The SMILES string of the molecule is CC(C)N(C1CCC1)[C@H]1COc2c(F)ccc(C(N)=O)c2C1.COC(=O)c1ccc(F)c2c1C[C@@H](N(C(C)C)C1CCC1)CO2. The molecule has 2 N–H and O–H groups in total. The molecule has 0 saturated heterocycles. The maximum atomic E-state index is 14.1. The minimum atomic E-state index is -0.528. The van der Waals surface area contributed by atoms with E-state index in [-0.39, 0.29) is 23.6 Å². The van der Waals surface area contributed by atoms with Gasteiger partial charge in [-0.3, -0.25) is 14.6 Å². The molecule has 10 heteroatoms. The minimum Gasteiger partial charge on any atom is -0.489 e. The van der Waals surface area contributed by atoms with E-state index in [1.54, 1.807) is 0 Å². The highest BCUT2D eigenvalue weighted by Crippen LogP contribution is 2.38. The van der Waals surface area contributed by atoms with Crippen molar-refractivity contribution in [2.24, 2.45) is 5.73 Å². The van der Waals surface area contributed by atoms with Gasteiger partial charge in [0.05, 0.1) is 12.7 Å². The molecule has 6 rings (SSSR count). The maximum absolute atomic E-state index is 14.1. The van der Waals surface area contributed by atoms with Crippen LogP contribution in [0.1, 0.15) is 98.1 Å². The van der Waals surface area contributed by atoms with Crippen molar-refractivity contribution < 1.29 is 32.6 Å². The number of nitrogens with zero attached hydrogens (tertiary/aromatic N) is 2. The minimum absolute atomic E-state index is 0.165. The lowest BCUT2D eigenvalue weighted by Crippen LogP contribution is -2.54. The molecule has 2 aromatic carbocycles. The Morgan fingerprint density at radius 3 is 1.53 bits per heavy atom. The Bertz CT molecular complexity index is 1390. The fourth-order valence-corrected chi connectivity index (χ4v) is 7.43. The van der Waals surface area contributed by atoms with E-state index >= 15 is 0 Å². The lowest BCUT2D eigenvalue weighted by molar-refractivity contribution is 0.0181. The molecule has 0 radical (unpaired) electrons. The third-order valence-electron chi connectivity index (χ3n) is 9.84. The summed E-state index contributed by atoms with van der Waals surface area (Å²) >= 11 is 0. The molecule has 2 aliphatic heterocycles. The van der Waals surface area contributed by atoms with Crippen molar-refractivity contribution in [1.82, 2.24) is 9.80 Å². The standard InChI is InChI=1S/C18H24FNO3.C17H23FN2O2/c1-11(2)20(12-5-4-6-12)13-9-15-14(18(21)22-3)7-8-16(19)17(15)23-10-13;1-10(2)20(11-4-3-5-11)12-8-14-13(17(19)21)6-7-15(18)16(14)22-9-12/h7-8,11-13H,4-6,9-10H2,1-3H3;6-7,10-12H,3-5,8-9H2,1-2H3,(H2,19,21)/t13-;12-/m11/s1. The van der Waals surface area contributed by atoms with Gasteiger partial charge >= 0.3 is 5.97 Å². The molecule has 4 aliphatic rings. The summed E-state index contributed by atoms with van der Waals surface area (Å²) in [6.07, 6.45) is 8.56. The number of esters is 1. The molecule has 0 unspecified atom stereocenters. The van der Waals surface area contributed by atoms with Crippen molar-refractivity contribution in [3.8, 4) is 11.5 Å². The van der Waals surface area contributed by atoms with Crippen LogP contribution < -0.4 is 15.2 Å². The van der Waals surface area contributed by atoms with Crippen LogP contribution in [0.15, 0.2) is 24.3 Å². The Morgan fingerprint density at radius 1 is 0.756 bits per heavy atom. The fraction of sp³-hybridized carbons (Fsp3) is 0.600. The van der Waals surface area contributed by atoms with Gasteiger partial charge < -0.3 is 19.9 Å². The Hall–Kier alpha value is -3.24. The first-order valence-corrected chi connectivity index (χ1v) is 16.3. The molecule has 0 aromatic heterocycles. The average Bonchev–Trinajstić information content (AvgIpc) is 2.96. The lowest BCUT2D eigenvalue weighted by atomic mass is 9.87. The summed E-state index contributed by atoms with van der Waals surface area (Å²) in [6, 6.07) is 7.75. The average molecular weight is 628 g/mol. The number of primary amides is 1. The molecular formula is C35H47F2N3O5. The maximum Gasteiger partial charge on any atom is 0.338 e. The van der Waals surface area contributed by atoms with Crippen molar-refractivity contribution in [2.75, 3.05) is 20.3 Å². The molecule has 2 atom stereocenters. The number of hydrogen-bond donors (Lipinski definition) is 1. The van der Waals surface area contributed by atoms with Gasteiger partial charge in [-0.05, 0) is 90.5 Å². The number of ether oxygens (including phenoxy) is 3. The predicted octanol–water partition coefficient (Wildman–Crippen LogP) is 5.67. The van der Waals surface area contributed by atoms with Crippen molar-refractivity contribution in [1.29, 1.82) is 0 Å². The highest BCUT2D eigenvalue weighted by atomic mass is 19.1. The molecule has 2 aromatic rings. The van der Waals surface area contributed by atoms with Gasteiger partial charge in [0.15, 0.2) is 23.1 Å². The Morgan fingerprint density at radius 2 is 1.18 bits per heavy atom. The van der Waals surface area contributed by atoms with Crippen molar-refractivity contribution in [3.05, 3.63) is 58.2 Å². The monoisotopic (exact) mass is 627 g/mol. The highest BCUT2D eigenvalue weighted by molar-refractivity contribution is 5.95. The van der Waals surface area contributed by atoms with Crippen LogP contribution in [0.3, 0.4) is 0 Å². The number of halogens is 2. The number of methoxy groups -OCH3 is 1. The van der Waals surface area contributed by atoms with Crippen molar-refractivity contribution in [3.63, 3.8) is 0 Å². The van der Waals surface area contributed by atoms with Crippen molar-refractivity contribution in [2.45, 2.75) is 115 Å². The van der Waals surface area contributed by atoms with Gasteiger partial charge in [0.25, 0.3) is 0 Å². The van der Waals surface area contributed by atoms with Crippen LogP contribution in [0, 0.1) is 11.6 Å². The zero-order chi connectivity index (χ0) is 32.4. The number of benzene rings is 2. The largest absolute Gasteiger partial charge is 0.489 e. The van der Waals surface area contributed by atoms with Gasteiger partial charge in [0.2, 0.25) is 5.91 Å². The van der Waals surface area contributed by atoms with E-state index in [9.17, 15) is 18.4 Å². The summed E-state index contributed by atoms with van der Waals surface area (Å²) in [5.41, 5.74) is 7.47. The van der Waals surface area contributed by atoms with Crippen LogP contribution in [-0.4, -0.2) is 78.3 Å². The van der Waals surface area contributed by atoms with Crippen LogP contribution in [0.5, 0.6) is 11.5 Å². The van der Waals surface area contributed by atoms with Crippen molar-refractivity contribution >= 4 is 11.9 Å². The molecule has 8 nitrogen and oxygen atoms in total. The van der Waals surface area contributed by atoms with Gasteiger partial charge in [0.1, 0.15) is 13.2 Å². The molecule has 2 heterocycles. The van der Waals surface area contributed by atoms with Crippen LogP contribution in [-0.2, 0) is 17.6 Å². The van der Waals surface area contributed by atoms with Gasteiger partial charge in [-0.2, -0.15) is 0 Å². The van der Waals surface area contributed by atoms with Gasteiger partial charge in [0, 0.05) is 52.9 Å². The van der Waals surface area contributed by atoms with E-state index in [0.717, 1.165) is 0 Å². The van der Waals surface area contributed by atoms with Gasteiger partial charge in [-0.1, -0.05) is 12.8 Å². The second-order valence-electron chi connectivity index (χ2n) is 13.3. The number of rotatable bonds is 8. The third-order valence-corrected chi connectivity index (χ3v) is 9.84. The molecule has 246 valence electrons. The first-order chi connectivity index (χ1) is 21.5. The molecule has 2 saturated carbocycles. The number of nitrogens with two attached hydrogens (primary N) is 1. The summed E-state index contributed by atoms with van der Waals surface area (Å²) < 4.78 is 44.2. The Kier molecular flexibility index (Phi) is 10.3. The smallest absolute Gasteiger partial charge is 0.338 e.